The van der Waals surface area contributed by atoms with Crippen molar-refractivity contribution in [3.05, 3.63) is 59.9 Å². The van der Waals surface area contributed by atoms with E-state index in [-0.39, 0.29) is 17.6 Å². The van der Waals surface area contributed by atoms with Crippen LogP contribution in [0.4, 0.5) is 10.3 Å². The number of amides is 1. The smallest absolute Gasteiger partial charge is 0.224 e. The van der Waals surface area contributed by atoms with Crippen molar-refractivity contribution in [3.63, 3.8) is 0 Å². The molecule has 3 aromatic rings. The van der Waals surface area contributed by atoms with Crippen molar-refractivity contribution >= 4 is 22.9 Å². The molecular formula is C22H25FN4O. The molecule has 6 heteroatoms. The second-order valence-corrected chi connectivity index (χ2v) is 7.42. The first kappa shape index (κ1) is 18.5. The number of hydrogen-bond donors (Lipinski definition) is 1. The molecular weight excluding hydrogens is 355 g/mol. The van der Waals surface area contributed by atoms with Crippen molar-refractivity contribution in [3.8, 4) is 0 Å². The van der Waals surface area contributed by atoms with Gasteiger partial charge in [-0.2, -0.15) is 0 Å². The van der Waals surface area contributed by atoms with E-state index < -0.39 is 0 Å². The highest BCUT2D eigenvalue weighted by molar-refractivity contribution is 5.81. The summed E-state index contributed by atoms with van der Waals surface area (Å²) < 4.78 is 15.4. The molecule has 2 heterocycles. The van der Waals surface area contributed by atoms with Gasteiger partial charge in [0, 0.05) is 26.7 Å². The largest absolute Gasteiger partial charge is 0.355 e. The van der Waals surface area contributed by atoms with Crippen LogP contribution >= 0.6 is 0 Å². The van der Waals surface area contributed by atoms with Crippen LogP contribution in [0.3, 0.4) is 0 Å². The molecule has 1 amide bonds. The first-order chi connectivity index (χ1) is 13.6. The summed E-state index contributed by atoms with van der Waals surface area (Å²) in [7, 11) is 2.02. The van der Waals surface area contributed by atoms with E-state index in [0.717, 1.165) is 41.9 Å². The predicted octanol–water partition coefficient (Wildman–Crippen LogP) is 3.29. The van der Waals surface area contributed by atoms with Gasteiger partial charge >= 0.3 is 0 Å². The first-order valence-electron chi connectivity index (χ1n) is 9.80. The summed E-state index contributed by atoms with van der Waals surface area (Å²) in [5.41, 5.74) is 2.96. The fraction of sp³-hybridized carbons (Fsp3) is 0.364. The fourth-order valence-electron chi connectivity index (χ4n) is 3.96. The molecule has 0 bridgehead atoms. The zero-order valence-corrected chi connectivity index (χ0v) is 16.1. The number of carbonyl (C=O) groups excluding carboxylic acids is 1. The highest BCUT2D eigenvalue weighted by atomic mass is 19.1. The van der Waals surface area contributed by atoms with Crippen LogP contribution in [0.5, 0.6) is 0 Å². The number of piperidine rings is 1. The Kier molecular flexibility index (Phi) is 5.28. The van der Waals surface area contributed by atoms with E-state index >= 15 is 0 Å². The number of rotatable bonds is 5. The molecule has 1 aromatic heterocycles. The fourth-order valence-corrected chi connectivity index (χ4v) is 3.96. The number of imidazole rings is 1. The topological polar surface area (TPSA) is 50.2 Å². The molecule has 4 rings (SSSR count). The van der Waals surface area contributed by atoms with Crippen LogP contribution in [0.1, 0.15) is 18.4 Å². The van der Waals surface area contributed by atoms with E-state index in [1.807, 2.05) is 31.3 Å². The molecule has 28 heavy (non-hydrogen) atoms. The SMILES string of the molecule is Cn1c(N2CCC[C@H](C(=O)NCCc3cccc(F)c3)C2)nc2ccccc21. The minimum Gasteiger partial charge on any atom is -0.355 e. The van der Waals surface area contributed by atoms with E-state index in [9.17, 15) is 9.18 Å². The Bertz CT molecular complexity index is 984. The number of aryl methyl sites for hydroxylation is 1. The van der Waals surface area contributed by atoms with Gasteiger partial charge in [0.05, 0.1) is 17.0 Å². The molecule has 2 aromatic carbocycles. The molecule has 146 valence electrons. The molecule has 0 radical (unpaired) electrons. The van der Waals surface area contributed by atoms with Crippen LogP contribution in [0, 0.1) is 11.7 Å². The Hall–Kier alpha value is -2.89. The van der Waals surface area contributed by atoms with Gasteiger partial charge in [-0.1, -0.05) is 24.3 Å². The van der Waals surface area contributed by atoms with Gasteiger partial charge in [0.2, 0.25) is 11.9 Å². The summed E-state index contributed by atoms with van der Waals surface area (Å²) in [5, 5.41) is 3.02. The lowest BCUT2D eigenvalue weighted by molar-refractivity contribution is -0.125. The van der Waals surface area contributed by atoms with Crippen LogP contribution < -0.4 is 10.2 Å². The molecule has 1 aliphatic rings. The number of aromatic nitrogens is 2. The van der Waals surface area contributed by atoms with Gasteiger partial charge in [-0.15, -0.1) is 0 Å². The van der Waals surface area contributed by atoms with E-state index in [0.29, 0.717) is 19.5 Å². The minimum absolute atomic E-state index is 0.0546. The van der Waals surface area contributed by atoms with E-state index in [2.05, 4.69) is 20.9 Å². The van der Waals surface area contributed by atoms with Crippen molar-refractivity contribution in [2.75, 3.05) is 24.5 Å². The van der Waals surface area contributed by atoms with Gasteiger partial charge in [-0.3, -0.25) is 4.79 Å². The summed E-state index contributed by atoms with van der Waals surface area (Å²) in [5.74, 6) is 0.689. The molecule has 0 unspecified atom stereocenters. The van der Waals surface area contributed by atoms with E-state index in [4.69, 9.17) is 4.98 Å². The Morgan fingerprint density at radius 2 is 2.11 bits per heavy atom. The highest BCUT2D eigenvalue weighted by Gasteiger charge is 2.28. The number of fused-ring (bicyclic) bond motifs is 1. The van der Waals surface area contributed by atoms with Crippen LogP contribution in [-0.4, -0.2) is 35.1 Å². The van der Waals surface area contributed by atoms with E-state index in [1.165, 1.54) is 12.1 Å². The number of para-hydroxylation sites is 2. The second-order valence-electron chi connectivity index (χ2n) is 7.42. The zero-order valence-electron chi connectivity index (χ0n) is 16.1. The Morgan fingerprint density at radius 1 is 1.25 bits per heavy atom. The van der Waals surface area contributed by atoms with Crippen molar-refractivity contribution in [1.29, 1.82) is 0 Å². The molecule has 0 saturated carbocycles. The maximum atomic E-state index is 13.3. The maximum absolute atomic E-state index is 13.3. The summed E-state index contributed by atoms with van der Waals surface area (Å²) in [6.45, 7) is 2.10. The Labute approximate surface area is 164 Å². The quantitative estimate of drug-likeness (QED) is 0.739. The van der Waals surface area contributed by atoms with Crippen molar-refractivity contribution in [1.82, 2.24) is 14.9 Å². The van der Waals surface area contributed by atoms with Crippen molar-refractivity contribution in [2.45, 2.75) is 19.3 Å². The third-order valence-corrected chi connectivity index (χ3v) is 5.44. The van der Waals surface area contributed by atoms with Gasteiger partial charge < -0.3 is 14.8 Å². The minimum atomic E-state index is -0.241. The number of nitrogens with zero attached hydrogens (tertiary/aromatic N) is 3. The molecule has 1 N–H and O–H groups in total. The number of nitrogens with one attached hydrogen (secondary N) is 1. The monoisotopic (exact) mass is 380 g/mol. The van der Waals surface area contributed by atoms with Gasteiger partial charge in [0.25, 0.3) is 0 Å². The van der Waals surface area contributed by atoms with Gasteiger partial charge in [-0.25, -0.2) is 9.37 Å². The Balaban J connectivity index is 1.37. The predicted molar refractivity (Wildman–Crippen MR) is 109 cm³/mol. The third-order valence-electron chi connectivity index (χ3n) is 5.44. The van der Waals surface area contributed by atoms with Gasteiger partial charge in [0.1, 0.15) is 5.82 Å². The van der Waals surface area contributed by atoms with Gasteiger partial charge in [0.15, 0.2) is 0 Å². The van der Waals surface area contributed by atoms with E-state index in [1.54, 1.807) is 6.07 Å². The molecule has 1 saturated heterocycles. The standard InChI is InChI=1S/C22H25FN4O/c1-26-20-10-3-2-9-19(20)25-22(26)27-13-5-7-17(15-27)21(28)24-12-11-16-6-4-8-18(23)14-16/h2-4,6,8-10,14,17H,5,7,11-13,15H2,1H3,(H,24,28)/t17-/m0/s1. The van der Waals surface area contributed by atoms with Gasteiger partial charge in [-0.05, 0) is 49.1 Å². The Morgan fingerprint density at radius 3 is 2.93 bits per heavy atom. The van der Waals surface area contributed by atoms with Crippen LogP contribution in [0.15, 0.2) is 48.5 Å². The average molecular weight is 380 g/mol. The normalized spacial score (nSPS) is 17.1. The summed E-state index contributed by atoms with van der Waals surface area (Å²) in [6, 6.07) is 14.6. The van der Waals surface area contributed by atoms with Crippen LogP contribution in [-0.2, 0) is 18.3 Å². The molecule has 0 spiro atoms. The summed E-state index contributed by atoms with van der Waals surface area (Å²) >= 11 is 0. The molecule has 5 nitrogen and oxygen atoms in total. The lowest BCUT2D eigenvalue weighted by Gasteiger charge is -2.32. The van der Waals surface area contributed by atoms with Crippen LogP contribution in [0.25, 0.3) is 11.0 Å². The highest BCUT2D eigenvalue weighted by Crippen LogP contribution is 2.26. The first-order valence-corrected chi connectivity index (χ1v) is 9.80. The van der Waals surface area contributed by atoms with Crippen molar-refractivity contribution < 1.29 is 9.18 Å². The number of hydrogen-bond acceptors (Lipinski definition) is 3. The number of halogens is 1. The molecule has 1 atom stereocenters. The third kappa shape index (κ3) is 3.86. The summed E-state index contributed by atoms with van der Waals surface area (Å²) in [6.07, 6.45) is 2.47. The average Bonchev–Trinajstić information content (AvgIpc) is 3.05. The number of carbonyl (C=O) groups is 1. The molecule has 0 aliphatic carbocycles. The molecule has 1 fully saturated rings. The van der Waals surface area contributed by atoms with Crippen LogP contribution in [0.2, 0.25) is 0 Å². The molecule has 1 aliphatic heterocycles. The zero-order chi connectivity index (χ0) is 19.5. The number of benzene rings is 2. The lowest BCUT2D eigenvalue weighted by atomic mass is 9.97. The lowest BCUT2D eigenvalue weighted by Crippen LogP contribution is -2.44. The van der Waals surface area contributed by atoms with Crippen molar-refractivity contribution in [2.24, 2.45) is 13.0 Å². The summed E-state index contributed by atoms with van der Waals surface area (Å²) in [4.78, 5) is 19.6. The maximum Gasteiger partial charge on any atom is 0.224 e. The number of anilines is 1. The second kappa shape index (κ2) is 8.00.